The van der Waals surface area contributed by atoms with Crippen molar-refractivity contribution in [1.29, 1.82) is 0 Å². The van der Waals surface area contributed by atoms with Crippen molar-refractivity contribution >= 4 is 39.4 Å². The molecule has 1 aliphatic heterocycles. The smallest absolute Gasteiger partial charge is 0.466 e. The number of rotatable bonds is 8. The highest BCUT2D eigenvalue weighted by atomic mass is 79.9. The number of carbonyl (C=O) groups is 3. The van der Waals surface area contributed by atoms with Gasteiger partial charge in [0.25, 0.3) is 5.91 Å². The number of ether oxygens (including phenoxy) is 2. The number of carbonyl (C=O) groups excluding carboxylic acids is 3. The number of halogens is 4. The second kappa shape index (κ2) is 11.4. The van der Waals surface area contributed by atoms with Crippen LogP contribution < -0.4 is 9.64 Å². The number of nitrogens with zero attached hydrogens (tertiary/aromatic N) is 2. The highest BCUT2D eigenvalue weighted by molar-refractivity contribution is 9.10. The average molecular weight is 623 g/mol. The summed E-state index contributed by atoms with van der Waals surface area (Å²) in [6.07, 6.45) is -0.543. The second-order valence-electron chi connectivity index (χ2n) is 10.4. The Morgan fingerprint density at radius 3 is 2.40 bits per heavy atom. The van der Waals surface area contributed by atoms with E-state index >= 15 is 0 Å². The minimum atomic E-state index is -4.82. The first kappa shape index (κ1) is 28.4. The first-order valence-electron chi connectivity index (χ1n) is 13.5. The SMILES string of the molecule is CCOC(=O)CCC(=O)N(C1CC1)C1c2cc(Br)ccc2N(C(=O)c2ccc(OC(F)(F)F)cc2)C2CCCC21. The van der Waals surface area contributed by atoms with Crippen LogP contribution in [-0.2, 0) is 14.3 Å². The molecule has 3 aliphatic rings. The fourth-order valence-corrected chi connectivity index (χ4v) is 6.49. The van der Waals surface area contributed by atoms with E-state index in [1.807, 2.05) is 23.1 Å². The third kappa shape index (κ3) is 5.99. The summed E-state index contributed by atoms with van der Waals surface area (Å²) >= 11 is 3.56. The number of amides is 2. The van der Waals surface area contributed by atoms with Crippen LogP contribution in [-0.4, -0.2) is 47.7 Å². The molecule has 40 heavy (non-hydrogen) atoms. The van der Waals surface area contributed by atoms with Gasteiger partial charge in [-0.05, 0) is 80.6 Å². The minimum absolute atomic E-state index is 0.0146. The zero-order chi connectivity index (χ0) is 28.6. The summed E-state index contributed by atoms with van der Waals surface area (Å²) in [6.45, 7) is 1.99. The van der Waals surface area contributed by atoms with Crippen molar-refractivity contribution in [2.45, 2.75) is 76.4 Å². The Morgan fingerprint density at radius 1 is 1.02 bits per heavy atom. The normalized spacial score (nSPS) is 21.8. The molecule has 3 atom stereocenters. The number of fused-ring (bicyclic) bond motifs is 2. The first-order chi connectivity index (χ1) is 19.1. The fourth-order valence-electron chi connectivity index (χ4n) is 6.11. The molecular weight excluding hydrogens is 593 g/mol. The van der Waals surface area contributed by atoms with Gasteiger partial charge in [-0.25, -0.2) is 0 Å². The lowest BCUT2D eigenvalue weighted by molar-refractivity contribution is -0.274. The molecule has 3 unspecified atom stereocenters. The van der Waals surface area contributed by atoms with Crippen LogP contribution >= 0.6 is 15.9 Å². The monoisotopic (exact) mass is 622 g/mol. The molecule has 0 spiro atoms. The summed E-state index contributed by atoms with van der Waals surface area (Å²) in [6, 6.07) is 10.2. The molecule has 7 nitrogen and oxygen atoms in total. The van der Waals surface area contributed by atoms with E-state index in [-0.39, 0.29) is 60.9 Å². The largest absolute Gasteiger partial charge is 0.573 e. The van der Waals surface area contributed by atoms with E-state index in [0.29, 0.717) is 5.69 Å². The Kier molecular flexibility index (Phi) is 8.13. The molecule has 2 aliphatic carbocycles. The Labute approximate surface area is 238 Å². The van der Waals surface area contributed by atoms with Crippen LogP contribution in [0.3, 0.4) is 0 Å². The van der Waals surface area contributed by atoms with Crippen LogP contribution in [0.5, 0.6) is 5.75 Å². The molecule has 0 bridgehead atoms. The quantitative estimate of drug-likeness (QED) is 0.312. The van der Waals surface area contributed by atoms with Crippen molar-refractivity contribution < 1.29 is 37.0 Å². The summed E-state index contributed by atoms with van der Waals surface area (Å²) in [7, 11) is 0. The molecule has 0 radical (unpaired) electrons. The number of esters is 1. The number of benzene rings is 2. The average Bonchev–Trinajstić information content (AvgIpc) is 3.62. The Hall–Kier alpha value is -3.08. The Balaban J connectivity index is 1.49. The summed E-state index contributed by atoms with van der Waals surface area (Å²) in [5, 5.41) is 0. The standard InChI is InChI=1S/C29H30BrF3N2O5/c1-2-39-26(37)15-14-25(36)34(19-9-10-19)27-21-4-3-5-23(21)35(24-13-8-18(30)16-22(24)27)28(38)17-6-11-20(12-7-17)40-29(31,32)33/h6-8,11-13,16,19,21,23,27H,2-5,9-10,14-15H2,1H3. The molecule has 2 amide bonds. The van der Waals surface area contributed by atoms with Gasteiger partial charge in [-0.1, -0.05) is 22.4 Å². The van der Waals surface area contributed by atoms with E-state index in [4.69, 9.17) is 4.74 Å². The molecule has 0 saturated heterocycles. The van der Waals surface area contributed by atoms with Crippen LogP contribution in [0.25, 0.3) is 0 Å². The van der Waals surface area contributed by atoms with Crippen LogP contribution in [0.2, 0.25) is 0 Å². The summed E-state index contributed by atoms with van der Waals surface area (Å²) < 4.78 is 47.7. The second-order valence-corrected chi connectivity index (χ2v) is 11.3. The highest BCUT2D eigenvalue weighted by Crippen LogP contribution is 2.53. The van der Waals surface area contributed by atoms with Crippen LogP contribution in [0.4, 0.5) is 18.9 Å². The molecule has 2 aromatic rings. The summed E-state index contributed by atoms with van der Waals surface area (Å²) in [4.78, 5) is 43.2. The maximum absolute atomic E-state index is 13.9. The summed E-state index contributed by atoms with van der Waals surface area (Å²) in [5.41, 5.74) is 1.78. The molecule has 214 valence electrons. The number of hydrogen-bond acceptors (Lipinski definition) is 5. The predicted octanol–water partition coefficient (Wildman–Crippen LogP) is 6.55. The Bertz CT molecular complexity index is 1280. The van der Waals surface area contributed by atoms with Crippen LogP contribution in [0.1, 0.15) is 73.8 Å². The van der Waals surface area contributed by atoms with E-state index < -0.39 is 18.1 Å². The van der Waals surface area contributed by atoms with Gasteiger partial charge in [-0.3, -0.25) is 14.4 Å². The van der Waals surface area contributed by atoms with Gasteiger partial charge < -0.3 is 19.3 Å². The van der Waals surface area contributed by atoms with Crippen molar-refractivity contribution in [2.75, 3.05) is 11.5 Å². The topological polar surface area (TPSA) is 76.2 Å². The van der Waals surface area contributed by atoms with E-state index in [0.717, 1.165) is 54.3 Å². The minimum Gasteiger partial charge on any atom is -0.466 e. The molecule has 0 N–H and O–H groups in total. The zero-order valence-corrected chi connectivity index (χ0v) is 23.5. The molecule has 5 rings (SSSR count). The molecular formula is C29H30BrF3N2O5. The van der Waals surface area contributed by atoms with Gasteiger partial charge in [-0.15, -0.1) is 13.2 Å². The number of hydrogen-bond donors (Lipinski definition) is 0. The predicted molar refractivity (Wildman–Crippen MR) is 144 cm³/mol. The van der Waals surface area contributed by atoms with Crippen molar-refractivity contribution in [3.63, 3.8) is 0 Å². The third-order valence-electron chi connectivity index (χ3n) is 7.77. The lowest BCUT2D eigenvalue weighted by Gasteiger charge is -2.48. The zero-order valence-electron chi connectivity index (χ0n) is 22.0. The van der Waals surface area contributed by atoms with Gasteiger partial charge in [0.2, 0.25) is 5.91 Å². The van der Waals surface area contributed by atoms with Crippen LogP contribution in [0.15, 0.2) is 46.9 Å². The number of alkyl halides is 3. The molecule has 2 saturated carbocycles. The number of anilines is 1. The molecule has 0 aromatic heterocycles. The van der Waals surface area contributed by atoms with E-state index in [1.165, 1.54) is 12.1 Å². The molecule has 11 heteroatoms. The maximum atomic E-state index is 13.9. The van der Waals surface area contributed by atoms with Gasteiger partial charge >= 0.3 is 12.3 Å². The first-order valence-corrected chi connectivity index (χ1v) is 14.3. The fraction of sp³-hybridized carbons (Fsp3) is 0.483. The lowest BCUT2D eigenvalue weighted by Crippen LogP contribution is -2.53. The van der Waals surface area contributed by atoms with Gasteiger partial charge in [0, 0.05) is 40.1 Å². The van der Waals surface area contributed by atoms with E-state index in [9.17, 15) is 27.6 Å². The van der Waals surface area contributed by atoms with Crippen molar-refractivity contribution in [3.8, 4) is 5.75 Å². The summed E-state index contributed by atoms with van der Waals surface area (Å²) in [5.74, 6) is -1.24. The third-order valence-corrected chi connectivity index (χ3v) is 8.26. The molecule has 2 fully saturated rings. The van der Waals surface area contributed by atoms with E-state index in [1.54, 1.807) is 11.8 Å². The maximum Gasteiger partial charge on any atom is 0.573 e. The van der Waals surface area contributed by atoms with Gasteiger partial charge in [0.15, 0.2) is 0 Å². The van der Waals surface area contributed by atoms with Crippen molar-refractivity contribution in [3.05, 3.63) is 58.1 Å². The lowest BCUT2D eigenvalue weighted by atomic mass is 9.81. The van der Waals surface area contributed by atoms with Gasteiger partial charge in [0.1, 0.15) is 5.75 Å². The van der Waals surface area contributed by atoms with Crippen molar-refractivity contribution in [1.82, 2.24) is 4.90 Å². The molecule has 2 aromatic carbocycles. The van der Waals surface area contributed by atoms with Gasteiger partial charge in [-0.2, -0.15) is 0 Å². The highest BCUT2D eigenvalue weighted by Gasteiger charge is 2.51. The molecule has 1 heterocycles. The van der Waals surface area contributed by atoms with Crippen molar-refractivity contribution in [2.24, 2.45) is 5.92 Å². The van der Waals surface area contributed by atoms with E-state index in [2.05, 4.69) is 20.7 Å². The van der Waals surface area contributed by atoms with Gasteiger partial charge in [0.05, 0.1) is 19.1 Å². The van der Waals surface area contributed by atoms with Crippen LogP contribution in [0, 0.1) is 5.92 Å². The Morgan fingerprint density at radius 2 is 1.75 bits per heavy atom.